The fourth-order valence-electron chi connectivity index (χ4n) is 3.53. The number of anilines is 2. The number of nitrogens with one attached hydrogen (secondary N) is 1. The Kier molecular flexibility index (Phi) is 5.74. The van der Waals surface area contributed by atoms with E-state index in [-0.39, 0.29) is 12.1 Å². The fourth-order valence-corrected chi connectivity index (χ4v) is 4.54. The van der Waals surface area contributed by atoms with Gasteiger partial charge in [0.1, 0.15) is 17.0 Å². The molecular formula is C25H25N3O2S. The molecule has 4 aromatic rings. The van der Waals surface area contributed by atoms with E-state index in [1.807, 2.05) is 26.0 Å². The summed E-state index contributed by atoms with van der Waals surface area (Å²) in [5, 5.41) is 4.38. The summed E-state index contributed by atoms with van der Waals surface area (Å²) in [6, 6.07) is 13.8. The van der Waals surface area contributed by atoms with Gasteiger partial charge in [-0.15, -0.1) is 11.3 Å². The lowest BCUT2D eigenvalue weighted by atomic mass is 9.99. The van der Waals surface area contributed by atoms with Crippen molar-refractivity contribution in [3.63, 3.8) is 0 Å². The highest BCUT2D eigenvalue weighted by Crippen LogP contribution is 2.41. The molecule has 5 nitrogen and oxygen atoms in total. The first-order valence-corrected chi connectivity index (χ1v) is 11.0. The van der Waals surface area contributed by atoms with Crippen molar-refractivity contribution in [1.29, 1.82) is 0 Å². The standard InChI is InChI=1S/C25H25N3O2S/c1-14(2)30-25(29)19-7-6-8-20(12-19)28-23-22-21(17(5)31-24(22)27-13-26-23)18-10-9-15(3)16(4)11-18/h6-14H,1-5H3,(H,26,27,28). The van der Waals surface area contributed by atoms with Gasteiger partial charge in [-0.25, -0.2) is 14.8 Å². The Morgan fingerprint density at radius 3 is 2.58 bits per heavy atom. The number of thiophene rings is 1. The summed E-state index contributed by atoms with van der Waals surface area (Å²) in [7, 11) is 0. The van der Waals surface area contributed by atoms with E-state index in [1.165, 1.54) is 16.0 Å². The van der Waals surface area contributed by atoms with Gasteiger partial charge in [0.2, 0.25) is 0 Å². The lowest BCUT2D eigenvalue weighted by Crippen LogP contribution is -2.11. The van der Waals surface area contributed by atoms with E-state index in [9.17, 15) is 4.79 Å². The highest BCUT2D eigenvalue weighted by atomic mass is 32.1. The lowest BCUT2D eigenvalue weighted by Gasteiger charge is -2.12. The van der Waals surface area contributed by atoms with Gasteiger partial charge in [-0.2, -0.15) is 0 Å². The number of aromatic nitrogens is 2. The molecule has 0 aliphatic carbocycles. The molecule has 0 atom stereocenters. The van der Waals surface area contributed by atoms with Crippen molar-refractivity contribution < 1.29 is 9.53 Å². The first-order valence-electron chi connectivity index (χ1n) is 10.2. The second-order valence-electron chi connectivity index (χ2n) is 7.89. The van der Waals surface area contributed by atoms with Crippen LogP contribution < -0.4 is 5.32 Å². The predicted octanol–water partition coefficient (Wildman–Crippen LogP) is 6.59. The van der Waals surface area contributed by atoms with Crippen LogP contribution in [0.4, 0.5) is 11.5 Å². The average Bonchev–Trinajstić information content (AvgIpc) is 3.06. The van der Waals surface area contributed by atoms with Crippen molar-refractivity contribution in [2.75, 3.05) is 5.32 Å². The van der Waals surface area contributed by atoms with Crippen LogP contribution in [0.15, 0.2) is 48.8 Å². The highest BCUT2D eigenvalue weighted by molar-refractivity contribution is 7.19. The minimum atomic E-state index is -0.339. The first kappa shape index (κ1) is 21.0. The molecule has 6 heteroatoms. The summed E-state index contributed by atoms with van der Waals surface area (Å²) >= 11 is 1.66. The monoisotopic (exact) mass is 431 g/mol. The molecule has 0 radical (unpaired) electrons. The van der Waals surface area contributed by atoms with Gasteiger partial charge in [-0.05, 0) is 69.5 Å². The van der Waals surface area contributed by atoms with Crippen LogP contribution in [0, 0.1) is 20.8 Å². The number of ether oxygens (including phenoxy) is 1. The Morgan fingerprint density at radius 2 is 1.84 bits per heavy atom. The number of benzene rings is 2. The van der Waals surface area contributed by atoms with E-state index >= 15 is 0 Å². The molecule has 0 saturated heterocycles. The predicted molar refractivity (Wildman–Crippen MR) is 127 cm³/mol. The fraction of sp³-hybridized carbons (Fsp3) is 0.240. The molecule has 0 unspecified atom stereocenters. The maximum absolute atomic E-state index is 12.3. The van der Waals surface area contributed by atoms with Crippen molar-refractivity contribution in [2.45, 2.75) is 40.7 Å². The topological polar surface area (TPSA) is 64.1 Å². The molecule has 2 heterocycles. The van der Waals surface area contributed by atoms with Crippen LogP contribution in [0.3, 0.4) is 0 Å². The maximum atomic E-state index is 12.3. The minimum Gasteiger partial charge on any atom is -0.459 e. The van der Waals surface area contributed by atoms with Crippen LogP contribution in [0.5, 0.6) is 0 Å². The van der Waals surface area contributed by atoms with Gasteiger partial charge in [0.25, 0.3) is 0 Å². The van der Waals surface area contributed by atoms with E-state index in [2.05, 4.69) is 54.3 Å². The van der Waals surface area contributed by atoms with Gasteiger partial charge in [0.05, 0.1) is 17.1 Å². The van der Waals surface area contributed by atoms with Crippen molar-refractivity contribution in [2.24, 2.45) is 0 Å². The zero-order valence-electron chi connectivity index (χ0n) is 18.3. The van der Waals surface area contributed by atoms with Gasteiger partial charge < -0.3 is 10.1 Å². The molecule has 2 aromatic carbocycles. The van der Waals surface area contributed by atoms with Crippen LogP contribution in [-0.2, 0) is 4.74 Å². The number of rotatable bonds is 5. The van der Waals surface area contributed by atoms with Crippen LogP contribution in [0.1, 0.15) is 40.2 Å². The molecule has 31 heavy (non-hydrogen) atoms. The molecule has 0 amide bonds. The number of hydrogen-bond acceptors (Lipinski definition) is 6. The third kappa shape index (κ3) is 4.30. The second kappa shape index (κ2) is 8.47. The van der Waals surface area contributed by atoms with Gasteiger partial charge in [-0.1, -0.05) is 24.3 Å². The molecular weight excluding hydrogens is 406 g/mol. The normalized spacial score (nSPS) is 11.2. The second-order valence-corrected chi connectivity index (χ2v) is 9.10. The molecule has 2 aromatic heterocycles. The molecule has 0 fully saturated rings. The number of hydrogen-bond donors (Lipinski definition) is 1. The summed E-state index contributed by atoms with van der Waals surface area (Å²) in [6.45, 7) is 10.0. The van der Waals surface area contributed by atoms with Crippen LogP contribution in [0.25, 0.3) is 21.3 Å². The molecule has 0 saturated carbocycles. The third-order valence-corrected chi connectivity index (χ3v) is 6.18. The van der Waals surface area contributed by atoms with Crippen molar-refractivity contribution in [3.8, 4) is 11.1 Å². The largest absolute Gasteiger partial charge is 0.459 e. The number of carbonyl (C=O) groups excluding carboxylic acids is 1. The summed E-state index contributed by atoms with van der Waals surface area (Å²) < 4.78 is 5.32. The highest BCUT2D eigenvalue weighted by Gasteiger charge is 2.18. The molecule has 0 aliphatic heterocycles. The summed E-state index contributed by atoms with van der Waals surface area (Å²) in [5.41, 5.74) is 6.08. The van der Waals surface area contributed by atoms with Crippen LogP contribution in [-0.4, -0.2) is 22.0 Å². The van der Waals surface area contributed by atoms with Crippen molar-refractivity contribution >= 4 is 39.0 Å². The molecule has 0 bridgehead atoms. The van der Waals surface area contributed by atoms with Crippen LogP contribution in [0.2, 0.25) is 0 Å². The number of carbonyl (C=O) groups is 1. The smallest absolute Gasteiger partial charge is 0.338 e. The molecule has 1 N–H and O–H groups in total. The summed E-state index contributed by atoms with van der Waals surface area (Å²) in [6.07, 6.45) is 1.40. The number of fused-ring (bicyclic) bond motifs is 1. The Bertz CT molecular complexity index is 1280. The first-order chi connectivity index (χ1) is 14.8. The minimum absolute atomic E-state index is 0.167. The van der Waals surface area contributed by atoms with Crippen molar-refractivity contribution in [1.82, 2.24) is 9.97 Å². The SMILES string of the molecule is Cc1ccc(-c2c(C)sc3ncnc(Nc4cccc(C(=O)OC(C)C)c4)c23)cc1C. The Hall–Kier alpha value is -3.25. The molecule has 158 valence electrons. The zero-order valence-corrected chi connectivity index (χ0v) is 19.1. The van der Waals surface area contributed by atoms with E-state index in [4.69, 9.17) is 4.74 Å². The number of nitrogens with zero attached hydrogens (tertiary/aromatic N) is 2. The molecule has 0 aliphatic rings. The van der Waals surface area contributed by atoms with Gasteiger partial charge in [0.15, 0.2) is 0 Å². The summed E-state index contributed by atoms with van der Waals surface area (Å²) in [4.78, 5) is 23.5. The Balaban J connectivity index is 1.77. The van der Waals surface area contributed by atoms with Crippen LogP contribution >= 0.6 is 11.3 Å². The molecule has 4 rings (SSSR count). The van der Waals surface area contributed by atoms with Gasteiger partial charge >= 0.3 is 5.97 Å². The third-order valence-electron chi connectivity index (χ3n) is 5.16. The van der Waals surface area contributed by atoms with E-state index in [0.29, 0.717) is 5.56 Å². The quantitative estimate of drug-likeness (QED) is 0.361. The van der Waals surface area contributed by atoms with E-state index in [0.717, 1.165) is 32.8 Å². The molecule has 0 spiro atoms. The average molecular weight is 432 g/mol. The van der Waals surface area contributed by atoms with Gasteiger partial charge in [-0.3, -0.25) is 0 Å². The number of esters is 1. The summed E-state index contributed by atoms with van der Waals surface area (Å²) in [5.74, 6) is 0.380. The maximum Gasteiger partial charge on any atom is 0.338 e. The number of aryl methyl sites for hydroxylation is 3. The Morgan fingerprint density at radius 1 is 1.03 bits per heavy atom. The van der Waals surface area contributed by atoms with E-state index < -0.39 is 0 Å². The van der Waals surface area contributed by atoms with Gasteiger partial charge in [0, 0.05) is 16.1 Å². The lowest BCUT2D eigenvalue weighted by molar-refractivity contribution is 0.0378. The van der Waals surface area contributed by atoms with Crippen molar-refractivity contribution in [3.05, 3.63) is 70.4 Å². The van der Waals surface area contributed by atoms with E-state index in [1.54, 1.807) is 29.8 Å². The zero-order chi connectivity index (χ0) is 22.1. The Labute approximate surface area is 186 Å².